The highest BCUT2D eigenvalue weighted by atomic mass is 32.2. The predicted molar refractivity (Wildman–Crippen MR) is 115 cm³/mol. The molecule has 0 radical (unpaired) electrons. The average molecular weight is 444 g/mol. The fourth-order valence-corrected chi connectivity index (χ4v) is 3.57. The van der Waals surface area contributed by atoms with Crippen molar-refractivity contribution in [1.29, 1.82) is 0 Å². The molecule has 31 heavy (non-hydrogen) atoms. The minimum absolute atomic E-state index is 0.0419. The van der Waals surface area contributed by atoms with E-state index in [1.165, 1.54) is 30.3 Å². The van der Waals surface area contributed by atoms with Gasteiger partial charge in [0.1, 0.15) is 17.3 Å². The topological polar surface area (TPSA) is 84.9 Å². The molecule has 0 bridgehead atoms. The van der Waals surface area contributed by atoms with Crippen LogP contribution in [0.3, 0.4) is 0 Å². The van der Waals surface area contributed by atoms with Gasteiger partial charge < -0.3 is 14.8 Å². The molecule has 0 unspecified atom stereocenters. The molecule has 0 aromatic heterocycles. The van der Waals surface area contributed by atoms with Crippen LogP contribution in [0, 0.1) is 5.82 Å². The normalized spacial score (nSPS) is 14.8. The zero-order valence-corrected chi connectivity index (χ0v) is 17.6. The average Bonchev–Trinajstić information content (AvgIpc) is 3.02. The lowest BCUT2D eigenvalue weighted by Gasteiger charge is -2.13. The van der Waals surface area contributed by atoms with E-state index in [1.807, 2.05) is 6.92 Å². The number of halogens is 1. The van der Waals surface area contributed by atoms with E-state index in [4.69, 9.17) is 9.47 Å². The van der Waals surface area contributed by atoms with Gasteiger partial charge in [-0.1, -0.05) is 12.1 Å². The first-order valence-corrected chi connectivity index (χ1v) is 10.4. The first kappa shape index (κ1) is 22.4. The minimum atomic E-state index is -0.445. The number of imide groups is 1. The van der Waals surface area contributed by atoms with Crippen LogP contribution in [0.25, 0.3) is 6.08 Å². The first-order valence-electron chi connectivity index (χ1n) is 9.59. The summed E-state index contributed by atoms with van der Waals surface area (Å²) >= 11 is 0.809. The van der Waals surface area contributed by atoms with Gasteiger partial charge in [0.25, 0.3) is 17.1 Å². The largest absolute Gasteiger partial charge is 0.494 e. The Morgan fingerprint density at radius 1 is 1.06 bits per heavy atom. The van der Waals surface area contributed by atoms with E-state index in [9.17, 15) is 18.8 Å². The van der Waals surface area contributed by atoms with E-state index in [0.29, 0.717) is 23.7 Å². The Morgan fingerprint density at radius 3 is 2.35 bits per heavy atom. The van der Waals surface area contributed by atoms with Crippen molar-refractivity contribution in [2.75, 3.05) is 26.3 Å². The van der Waals surface area contributed by atoms with Crippen molar-refractivity contribution in [2.24, 2.45) is 0 Å². The van der Waals surface area contributed by atoms with E-state index in [2.05, 4.69) is 5.32 Å². The summed E-state index contributed by atoms with van der Waals surface area (Å²) in [5.74, 6) is 0.0369. The van der Waals surface area contributed by atoms with Crippen molar-refractivity contribution in [1.82, 2.24) is 10.2 Å². The molecule has 0 saturated carbocycles. The van der Waals surface area contributed by atoms with Gasteiger partial charge in [0.05, 0.1) is 11.5 Å². The second kappa shape index (κ2) is 10.6. The maximum Gasteiger partial charge on any atom is 0.293 e. The number of nitrogens with one attached hydrogen (secondary N) is 1. The van der Waals surface area contributed by atoms with E-state index in [-0.39, 0.29) is 36.3 Å². The molecule has 3 rings (SSSR count). The molecule has 0 spiro atoms. The SMILES string of the molecule is CCOc1ccc(OCC(=O)NCCN2C(=O)SC(=Cc3ccc(F)cc3)C2=O)cc1. The molecule has 1 fully saturated rings. The fraction of sp³-hybridized carbons (Fsp3) is 0.227. The van der Waals surface area contributed by atoms with Crippen LogP contribution in [-0.4, -0.2) is 48.3 Å². The zero-order chi connectivity index (χ0) is 22.2. The number of carbonyl (C=O) groups excluding carboxylic acids is 3. The molecule has 2 aromatic rings. The minimum Gasteiger partial charge on any atom is -0.494 e. The van der Waals surface area contributed by atoms with Crippen LogP contribution >= 0.6 is 11.8 Å². The number of carbonyl (C=O) groups is 3. The van der Waals surface area contributed by atoms with Crippen molar-refractivity contribution in [3.63, 3.8) is 0 Å². The molecule has 2 aromatic carbocycles. The number of benzene rings is 2. The molecule has 162 valence electrons. The molecule has 7 nitrogen and oxygen atoms in total. The van der Waals surface area contributed by atoms with Gasteiger partial charge in [-0.3, -0.25) is 19.3 Å². The van der Waals surface area contributed by atoms with Crippen LogP contribution in [-0.2, 0) is 9.59 Å². The lowest BCUT2D eigenvalue weighted by atomic mass is 10.2. The Labute approximate surface area is 183 Å². The summed E-state index contributed by atoms with van der Waals surface area (Å²) in [7, 11) is 0. The smallest absolute Gasteiger partial charge is 0.293 e. The lowest BCUT2D eigenvalue weighted by Crippen LogP contribution is -2.38. The van der Waals surface area contributed by atoms with Crippen molar-refractivity contribution in [3.8, 4) is 11.5 Å². The van der Waals surface area contributed by atoms with Gasteiger partial charge >= 0.3 is 0 Å². The zero-order valence-electron chi connectivity index (χ0n) is 16.8. The van der Waals surface area contributed by atoms with Gasteiger partial charge in [0.2, 0.25) is 0 Å². The number of thioether (sulfide) groups is 1. The summed E-state index contributed by atoms with van der Waals surface area (Å²) in [4.78, 5) is 37.8. The monoisotopic (exact) mass is 444 g/mol. The molecular weight excluding hydrogens is 423 g/mol. The molecule has 0 aliphatic carbocycles. The van der Waals surface area contributed by atoms with E-state index in [1.54, 1.807) is 24.3 Å². The van der Waals surface area contributed by atoms with Gasteiger partial charge in [0, 0.05) is 13.1 Å². The molecule has 1 N–H and O–H groups in total. The summed E-state index contributed by atoms with van der Waals surface area (Å²) in [5.41, 5.74) is 0.617. The van der Waals surface area contributed by atoms with Crippen LogP contribution in [0.15, 0.2) is 53.4 Å². The summed E-state index contributed by atoms with van der Waals surface area (Å²) in [6.45, 7) is 2.40. The summed E-state index contributed by atoms with van der Waals surface area (Å²) < 4.78 is 23.7. The number of amides is 3. The Hall–Kier alpha value is -3.33. The molecule has 1 aliphatic heterocycles. The quantitative estimate of drug-likeness (QED) is 0.597. The van der Waals surface area contributed by atoms with Crippen LogP contribution in [0.2, 0.25) is 0 Å². The number of hydrogen-bond acceptors (Lipinski definition) is 6. The molecular formula is C22H21FN2O5S. The lowest BCUT2D eigenvalue weighted by molar-refractivity contribution is -0.125. The summed E-state index contributed by atoms with van der Waals surface area (Å²) in [5, 5.41) is 2.20. The first-order chi connectivity index (χ1) is 15.0. The van der Waals surface area contributed by atoms with Gasteiger partial charge in [-0.15, -0.1) is 0 Å². The second-order valence-electron chi connectivity index (χ2n) is 6.43. The van der Waals surface area contributed by atoms with Crippen LogP contribution < -0.4 is 14.8 Å². The molecule has 1 heterocycles. The number of ether oxygens (including phenoxy) is 2. The Balaban J connectivity index is 1.44. The van der Waals surface area contributed by atoms with Gasteiger partial charge in [-0.25, -0.2) is 4.39 Å². The Morgan fingerprint density at radius 2 is 1.71 bits per heavy atom. The molecule has 9 heteroatoms. The van der Waals surface area contributed by atoms with E-state index < -0.39 is 11.1 Å². The van der Waals surface area contributed by atoms with Crippen molar-refractivity contribution < 1.29 is 28.2 Å². The highest BCUT2D eigenvalue weighted by Crippen LogP contribution is 2.31. The van der Waals surface area contributed by atoms with Crippen molar-refractivity contribution in [3.05, 3.63) is 64.8 Å². The Bertz CT molecular complexity index is 976. The van der Waals surface area contributed by atoms with Crippen LogP contribution in [0.4, 0.5) is 9.18 Å². The highest BCUT2D eigenvalue weighted by Gasteiger charge is 2.34. The second-order valence-corrected chi connectivity index (χ2v) is 7.42. The maximum atomic E-state index is 13.0. The van der Waals surface area contributed by atoms with E-state index >= 15 is 0 Å². The van der Waals surface area contributed by atoms with Crippen molar-refractivity contribution in [2.45, 2.75) is 6.92 Å². The van der Waals surface area contributed by atoms with Crippen LogP contribution in [0.5, 0.6) is 11.5 Å². The summed E-state index contributed by atoms with van der Waals surface area (Å²) in [6, 6.07) is 12.5. The highest BCUT2D eigenvalue weighted by molar-refractivity contribution is 8.18. The molecule has 1 aliphatic rings. The number of hydrogen-bond donors (Lipinski definition) is 1. The summed E-state index contributed by atoms with van der Waals surface area (Å²) in [6.07, 6.45) is 1.54. The van der Waals surface area contributed by atoms with Crippen LogP contribution in [0.1, 0.15) is 12.5 Å². The Kier molecular flexibility index (Phi) is 7.66. The van der Waals surface area contributed by atoms with Gasteiger partial charge in [-0.2, -0.15) is 0 Å². The molecule has 0 atom stereocenters. The standard InChI is InChI=1S/C22H21FN2O5S/c1-2-29-17-7-9-18(10-8-17)30-14-20(26)24-11-12-25-21(27)19(31-22(25)28)13-15-3-5-16(23)6-4-15/h3-10,13H,2,11-12,14H2,1H3,(H,24,26). The third-order valence-corrected chi connectivity index (χ3v) is 5.11. The number of nitrogens with zero attached hydrogens (tertiary/aromatic N) is 1. The molecule has 1 saturated heterocycles. The van der Waals surface area contributed by atoms with Gasteiger partial charge in [0.15, 0.2) is 6.61 Å². The number of rotatable bonds is 9. The third-order valence-electron chi connectivity index (χ3n) is 4.20. The van der Waals surface area contributed by atoms with Gasteiger partial charge in [-0.05, 0) is 66.7 Å². The maximum absolute atomic E-state index is 13.0. The predicted octanol–water partition coefficient (Wildman–Crippen LogP) is 3.46. The fourth-order valence-electron chi connectivity index (χ4n) is 2.71. The molecule has 3 amide bonds. The van der Waals surface area contributed by atoms with E-state index in [0.717, 1.165) is 16.7 Å². The third kappa shape index (κ3) is 6.32. The van der Waals surface area contributed by atoms with Crippen molar-refractivity contribution >= 4 is 34.9 Å².